The van der Waals surface area contributed by atoms with Gasteiger partial charge in [-0.25, -0.2) is 4.79 Å². The van der Waals surface area contributed by atoms with E-state index in [1.807, 2.05) is 0 Å². The summed E-state index contributed by atoms with van der Waals surface area (Å²) in [6, 6.07) is 7.34. The number of hydrogen-bond donors (Lipinski definition) is 1. The van der Waals surface area contributed by atoms with Crippen molar-refractivity contribution < 1.29 is 19.1 Å². The average Bonchev–Trinajstić information content (AvgIpc) is 2.77. The molecule has 86 valence electrons. The number of rotatable bonds is 3. The number of hydrogen-bond acceptors (Lipinski definition) is 3. The van der Waals surface area contributed by atoms with Crippen LogP contribution in [0.4, 0.5) is 0 Å². The molecule has 1 aromatic heterocycles. The minimum atomic E-state index is -1.05. The summed E-state index contributed by atoms with van der Waals surface area (Å²) in [5.41, 5.74) is 0.549. The number of benzene rings is 1. The van der Waals surface area contributed by atoms with E-state index in [1.165, 1.54) is 24.3 Å². The van der Waals surface area contributed by atoms with Crippen molar-refractivity contribution in [3.05, 3.63) is 46.7 Å². The van der Waals surface area contributed by atoms with Gasteiger partial charge in [0.2, 0.25) is 0 Å². The lowest BCUT2D eigenvalue weighted by Gasteiger charge is -2.02. The maximum Gasteiger partial charge on any atom is 0.335 e. The van der Waals surface area contributed by atoms with Crippen molar-refractivity contribution in [1.82, 2.24) is 0 Å². The lowest BCUT2D eigenvalue weighted by molar-refractivity contribution is 0.0696. The molecule has 0 aliphatic rings. The maximum atomic E-state index is 10.8. The fourth-order valence-electron chi connectivity index (χ4n) is 1.41. The second-order valence-electron chi connectivity index (χ2n) is 3.32. The first-order chi connectivity index (χ1) is 8.11. The molecule has 0 spiro atoms. The monoisotopic (exact) mass is 250 g/mol. The number of furan rings is 1. The van der Waals surface area contributed by atoms with Crippen LogP contribution in [0.3, 0.4) is 0 Å². The van der Waals surface area contributed by atoms with E-state index >= 15 is 0 Å². The highest BCUT2D eigenvalue weighted by Gasteiger charge is 2.12. The number of halogens is 1. The molecule has 2 rings (SSSR count). The summed E-state index contributed by atoms with van der Waals surface area (Å²) in [6.07, 6.45) is 0.568. The van der Waals surface area contributed by atoms with Crippen LogP contribution in [0, 0.1) is 0 Å². The van der Waals surface area contributed by atoms with Crippen LogP contribution in [0.5, 0.6) is 0 Å². The Balaban J connectivity index is 2.53. The van der Waals surface area contributed by atoms with Gasteiger partial charge in [-0.05, 0) is 30.3 Å². The van der Waals surface area contributed by atoms with Crippen LogP contribution >= 0.6 is 11.6 Å². The van der Waals surface area contributed by atoms with Gasteiger partial charge in [-0.2, -0.15) is 0 Å². The van der Waals surface area contributed by atoms with Gasteiger partial charge in [-0.15, -0.1) is 0 Å². The smallest absolute Gasteiger partial charge is 0.335 e. The van der Waals surface area contributed by atoms with E-state index in [1.54, 1.807) is 6.07 Å². The van der Waals surface area contributed by atoms with Crippen LogP contribution in [0.1, 0.15) is 20.9 Å². The van der Waals surface area contributed by atoms with E-state index < -0.39 is 5.97 Å². The van der Waals surface area contributed by atoms with Crippen LogP contribution in [0.15, 0.2) is 34.7 Å². The molecule has 1 N–H and O–H groups in total. The molecule has 17 heavy (non-hydrogen) atoms. The van der Waals surface area contributed by atoms with Gasteiger partial charge in [0, 0.05) is 5.56 Å². The van der Waals surface area contributed by atoms with Gasteiger partial charge in [-0.3, -0.25) is 4.79 Å². The van der Waals surface area contributed by atoms with Gasteiger partial charge in [0.25, 0.3) is 0 Å². The van der Waals surface area contributed by atoms with E-state index in [0.29, 0.717) is 22.6 Å². The minimum Gasteiger partial charge on any atom is -0.478 e. The Morgan fingerprint density at radius 2 is 2.06 bits per heavy atom. The first-order valence-electron chi connectivity index (χ1n) is 4.70. The van der Waals surface area contributed by atoms with E-state index in [4.69, 9.17) is 21.1 Å². The Hall–Kier alpha value is -2.07. The second kappa shape index (κ2) is 4.43. The number of aldehydes is 1. The second-order valence-corrected chi connectivity index (χ2v) is 3.73. The molecule has 2 aromatic rings. The topological polar surface area (TPSA) is 67.5 Å². The fraction of sp³-hybridized carbons (Fsp3) is 0. The quantitative estimate of drug-likeness (QED) is 0.850. The number of carbonyl (C=O) groups is 2. The predicted octanol–water partition coefficient (Wildman–Crippen LogP) is 3.11. The van der Waals surface area contributed by atoms with Gasteiger partial charge < -0.3 is 9.52 Å². The van der Waals surface area contributed by atoms with Crippen molar-refractivity contribution in [2.24, 2.45) is 0 Å². The van der Waals surface area contributed by atoms with Gasteiger partial charge in [0.15, 0.2) is 12.0 Å². The van der Waals surface area contributed by atoms with Crippen molar-refractivity contribution in [2.75, 3.05) is 0 Å². The average molecular weight is 251 g/mol. The lowest BCUT2D eigenvalue weighted by Crippen LogP contribution is -1.96. The van der Waals surface area contributed by atoms with Crippen molar-refractivity contribution in [3.63, 3.8) is 0 Å². The molecule has 0 fully saturated rings. The first-order valence-corrected chi connectivity index (χ1v) is 5.08. The largest absolute Gasteiger partial charge is 0.478 e. The summed E-state index contributed by atoms with van der Waals surface area (Å²) in [5, 5.41) is 9.23. The van der Waals surface area contributed by atoms with Gasteiger partial charge in [0.1, 0.15) is 5.76 Å². The summed E-state index contributed by atoms with van der Waals surface area (Å²) < 4.78 is 5.19. The third-order valence-corrected chi connectivity index (χ3v) is 2.55. The molecule has 5 heteroatoms. The fourth-order valence-corrected chi connectivity index (χ4v) is 1.62. The number of carboxylic acid groups (broad SMARTS) is 1. The first kappa shape index (κ1) is 11.4. The number of carboxylic acids is 1. The predicted molar refractivity (Wildman–Crippen MR) is 61.5 cm³/mol. The molecule has 0 saturated carbocycles. The molecule has 0 aliphatic carbocycles. The SMILES string of the molecule is O=Cc1ccc(-c2cc(C(=O)O)ccc2Cl)o1. The Morgan fingerprint density at radius 1 is 1.29 bits per heavy atom. The number of aromatic carboxylic acids is 1. The Labute approximate surface area is 101 Å². The van der Waals surface area contributed by atoms with Crippen molar-refractivity contribution >= 4 is 23.9 Å². The van der Waals surface area contributed by atoms with Crippen molar-refractivity contribution in [3.8, 4) is 11.3 Å². The molecule has 0 saturated heterocycles. The molecule has 1 heterocycles. The molecule has 0 unspecified atom stereocenters. The van der Waals surface area contributed by atoms with Crippen LogP contribution in [0.2, 0.25) is 5.02 Å². The number of carbonyl (C=O) groups excluding carboxylic acids is 1. The Morgan fingerprint density at radius 3 is 2.65 bits per heavy atom. The highest BCUT2D eigenvalue weighted by Crippen LogP contribution is 2.30. The van der Waals surface area contributed by atoms with E-state index in [0.717, 1.165) is 0 Å². The van der Waals surface area contributed by atoms with Crippen molar-refractivity contribution in [1.29, 1.82) is 0 Å². The zero-order chi connectivity index (χ0) is 12.4. The van der Waals surface area contributed by atoms with E-state index in [9.17, 15) is 9.59 Å². The highest BCUT2D eigenvalue weighted by molar-refractivity contribution is 6.33. The van der Waals surface area contributed by atoms with Crippen LogP contribution in [0.25, 0.3) is 11.3 Å². The maximum absolute atomic E-state index is 10.8. The van der Waals surface area contributed by atoms with Crippen LogP contribution in [-0.2, 0) is 0 Å². The molecule has 0 amide bonds. The van der Waals surface area contributed by atoms with Crippen LogP contribution < -0.4 is 0 Å². The van der Waals surface area contributed by atoms with Gasteiger partial charge in [0.05, 0.1) is 10.6 Å². The molecule has 0 aliphatic heterocycles. The summed E-state index contributed by atoms with van der Waals surface area (Å²) in [6.45, 7) is 0. The van der Waals surface area contributed by atoms with E-state index in [-0.39, 0.29) is 11.3 Å². The molecular weight excluding hydrogens is 244 g/mol. The summed E-state index contributed by atoms with van der Waals surface area (Å²) in [4.78, 5) is 21.3. The molecule has 0 atom stereocenters. The Kier molecular flexibility index (Phi) is 2.97. The zero-order valence-electron chi connectivity index (χ0n) is 8.51. The summed E-state index contributed by atoms with van der Waals surface area (Å²) in [5.74, 6) is -0.526. The Bertz CT molecular complexity index is 586. The normalized spacial score (nSPS) is 10.2. The molecular formula is C12H7ClO4. The third-order valence-electron chi connectivity index (χ3n) is 2.22. The van der Waals surface area contributed by atoms with Gasteiger partial charge in [-0.1, -0.05) is 11.6 Å². The summed E-state index contributed by atoms with van der Waals surface area (Å²) in [7, 11) is 0. The van der Waals surface area contributed by atoms with Gasteiger partial charge >= 0.3 is 5.97 Å². The third kappa shape index (κ3) is 2.21. The molecule has 0 radical (unpaired) electrons. The lowest BCUT2D eigenvalue weighted by atomic mass is 10.1. The van der Waals surface area contributed by atoms with E-state index in [2.05, 4.69) is 0 Å². The zero-order valence-corrected chi connectivity index (χ0v) is 9.27. The molecule has 1 aromatic carbocycles. The standard InChI is InChI=1S/C12H7ClO4/c13-10-3-1-7(12(15)16)5-9(10)11-4-2-8(6-14)17-11/h1-6H,(H,15,16). The highest BCUT2D eigenvalue weighted by atomic mass is 35.5. The van der Waals surface area contributed by atoms with Crippen LogP contribution in [-0.4, -0.2) is 17.4 Å². The minimum absolute atomic E-state index is 0.105. The van der Waals surface area contributed by atoms with Crippen molar-refractivity contribution in [2.45, 2.75) is 0 Å². The molecule has 4 nitrogen and oxygen atoms in total. The molecule has 0 bridgehead atoms. The summed E-state index contributed by atoms with van der Waals surface area (Å²) >= 11 is 5.95.